The Bertz CT molecular complexity index is 339. The molecule has 3 nitrogen and oxygen atoms in total. The maximum absolute atomic E-state index is 10.6. The van der Waals surface area contributed by atoms with Gasteiger partial charge in [0.1, 0.15) is 6.54 Å². The van der Waals surface area contributed by atoms with E-state index in [9.17, 15) is 9.90 Å². The first-order valence-electron chi connectivity index (χ1n) is 4.49. The van der Waals surface area contributed by atoms with Gasteiger partial charge in [0, 0.05) is 5.56 Å². The number of benzene rings is 1. The van der Waals surface area contributed by atoms with Crippen molar-refractivity contribution >= 4 is 5.97 Å². The van der Waals surface area contributed by atoms with E-state index in [1.165, 1.54) is 0 Å². The number of aromatic carboxylic acids is 1. The summed E-state index contributed by atoms with van der Waals surface area (Å²) in [5.74, 6) is -1.12. The molecular weight excluding hydrogens is 178 g/mol. The molecule has 0 radical (unpaired) electrons. The summed E-state index contributed by atoms with van der Waals surface area (Å²) in [5.41, 5.74) is 1.26. The van der Waals surface area contributed by atoms with Crippen LogP contribution >= 0.6 is 0 Å². The first kappa shape index (κ1) is 10.7. The molecule has 0 fully saturated rings. The summed E-state index contributed by atoms with van der Waals surface area (Å²) >= 11 is 0. The van der Waals surface area contributed by atoms with E-state index < -0.39 is 5.97 Å². The van der Waals surface area contributed by atoms with Crippen LogP contribution in [0.5, 0.6) is 0 Å². The standard InChI is InChI=1S/C11H15NO2/c1-12(2,3)8-9-5-4-6-10(7-9)11(13)14/h4-7H,8H2,1-3H3. The highest BCUT2D eigenvalue weighted by Crippen LogP contribution is 2.09. The molecule has 0 bridgehead atoms. The third kappa shape index (κ3) is 3.18. The Balaban J connectivity index is 2.89. The van der Waals surface area contributed by atoms with Crippen LogP contribution in [0, 0.1) is 0 Å². The summed E-state index contributed by atoms with van der Waals surface area (Å²) in [6.45, 7) is 0.807. The lowest BCUT2D eigenvalue weighted by Crippen LogP contribution is -2.33. The first-order chi connectivity index (χ1) is 6.38. The van der Waals surface area contributed by atoms with E-state index in [1.54, 1.807) is 18.2 Å². The van der Waals surface area contributed by atoms with Gasteiger partial charge in [-0.1, -0.05) is 18.2 Å². The van der Waals surface area contributed by atoms with Crippen LogP contribution in [0.25, 0.3) is 0 Å². The van der Waals surface area contributed by atoms with Crippen molar-refractivity contribution in [3.63, 3.8) is 0 Å². The van der Waals surface area contributed by atoms with Crippen molar-refractivity contribution in [2.24, 2.45) is 0 Å². The third-order valence-electron chi connectivity index (χ3n) is 1.82. The van der Waals surface area contributed by atoms with Gasteiger partial charge in [-0.3, -0.25) is 0 Å². The fraction of sp³-hybridized carbons (Fsp3) is 0.364. The van der Waals surface area contributed by atoms with E-state index in [0.717, 1.165) is 16.6 Å². The molecule has 0 heterocycles. The molecule has 0 aliphatic heterocycles. The largest absolute Gasteiger partial charge is 0.545 e. The molecule has 14 heavy (non-hydrogen) atoms. The Morgan fingerprint density at radius 2 is 2.00 bits per heavy atom. The van der Waals surface area contributed by atoms with Crippen LogP contribution in [0.1, 0.15) is 15.9 Å². The number of carboxylic acids is 1. The van der Waals surface area contributed by atoms with Crippen molar-refractivity contribution in [2.75, 3.05) is 21.1 Å². The molecule has 0 aromatic heterocycles. The molecule has 1 rings (SSSR count). The highest BCUT2D eigenvalue weighted by Gasteiger charge is 2.08. The molecule has 3 heteroatoms. The lowest BCUT2D eigenvalue weighted by molar-refractivity contribution is -0.884. The number of carbonyl (C=O) groups excluding carboxylic acids is 1. The topological polar surface area (TPSA) is 40.1 Å². The van der Waals surface area contributed by atoms with Gasteiger partial charge in [-0.15, -0.1) is 0 Å². The molecule has 76 valence electrons. The van der Waals surface area contributed by atoms with E-state index in [4.69, 9.17) is 0 Å². The number of nitrogens with zero attached hydrogens (tertiary/aromatic N) is 1. The number of quaternary nitrogens is 1. The summed E-state index contributed by atoms with van der Waals surface area (Å²) in [6.07, 6.45) is 0. The minimum absolute atomic E-state index is 0.246. The second-order valence-corrected chi connectivity index (χ2v) is 4.44. The summed E-state index contributed by atoms with van der Waals surface area (Å²) in [4.78, 5) is 10.6. The van der Waals surface area contributed by atoms with E-state index in [1.807, 2.05) is 6.07 Å². The van der Waals surface area contributed by atoms with Crippen molar-refractivity contribution in [1.82, 2.24) is 0 Å². The zero-order chi connectivity index (χ0) is 10.8. The second kappa shape index (κ2) is 3.80. The number of carboxylic acid groups (broad SMARTS) is 1. The molecule has 0 saturated heterocycles. The summed E-state index contributed by atoms with van der Waals surface area (Å²) in [5, 5.41) is 10.6. The number of hydrogen-bond donors (Lipinski definition) is 0. The van der Waals surface area contributed by atoms with E-state index in [2.05, 4.69) is 21.1 Å². The Morgan fingerprint density at radius 3 is 2.50 bits per heavy atom. The molecule has 0 atom stereocenters. The van der Waals surface area contributed by atoms with E-state index in [0.29, 0.717) is 0 Å². The van der Waals surface area contributed by atoms with Gasteiger partial charge in [-0.2, -0.15) is 0 Å². The predicted octanol–water partition coefficient (Wildman–Crippen LogP) is 0.256. The Hall–Kier alpha value is -1.35. The lowest BCUT2D eigenvalue weighted by atomic mass is 10.1. The Morgan fingerprint density at radius 1 is 1.36 bits per heavy atom. The maximum Gasteiger partial charge on any atom is 0.104 e. The molecule has 0 spiro atoms. The van der Waals surface area contributed by atoms with Crippen LogP contribution in [-0.2, 0) is 6.54 Å². The van der Waals surface area contributed by atoms with Crippen molar-refractivity contribution < 1.29 is 14.4 Å². The molecule has 0 saturated carbocycles. The zero-order valence-electron chi connectivity index (χ0n) is 8.78. The minimum Gasteiger partial charge on any atom is -0.545 e. The molecular formula is C11H15NO2. The molecule has 1 aromatic rings. The highest BCUT2D eigenvalue weighted by molar-refractivity contribution is 5.85. The van der Waals surface area contributed by atoms with Gasteiger partial charge in [0.15, 0.2) is 0 Å². The molecule has 0 amide bonds. The maximum atomic E-state index is 10.6. The normalized spacial score (nSPS) is 11.4. The summed E-state index contributed by atoms with van der Waals surface area (Å²) < 4.78 is 0.774. The van der Waals surface area contributed by atoms with Gasteiger partial charge in [0.25, 0.3) is 0 Å². The van der Waals surface area contributed by atoms with Crippen molar-refractivity contribution in [2.45, 2.75) is 6.54 Å². The average molecular weight is 193 g/mol. The second-order valence-electron chi connectivity index (χ2n) is 4.44. The SMILES string of the molecule is C[N+](C)(C)Cc1cccc(C(=O)[O-])c1. The van der Waals surface area contributed by atoms with Crippen molar-refractivity contribution in [3.05, 3.63) is 35.4 Å². The lowest BCUT2D eigenvalue weighted by Gasteiger charge is -2.24. The molecule has 0 N–H and O–H groups in total. The predicted molar refractivity (Wildman–Crippen MR) is 52.5 cm³/mol. The summed E-state index contributed by atoms with van der Waals surface area (Å²) in [6, 6.07) is 6.89. The quantitative estimate of drug-likeness (QED) is 0.646. The molecule has 0 aliphatic carbocycles. The first-order valence-corrected chi connectivity index (χ1v) is 4.49. The fourth-order valence-corrected chi connectivity index (χ4v) is 1.34. The van der Waals surface area contributed by atoms with E-state index in [-0.39, 0.29) is 5.56 Å². The number of carbonyl (C=O) groups is 1. The Labute approximate surface area is 84.2 Å². The minimum atomic E-state index is -1.12. The van der Waals surface area contributed by atoms with Crippen LogP contribution in [0.15, 0.2) is 24.3 Å². The van der Waals surface area contributed by atoms with Crippen LogP contribution in [0.3, 0.4) is 0 Å². The number of hydrogen-bond acceptors (Lipinski definition) is 2. The van der Waals surface area contributed by atoms with Gasteiger partial charge in [-0.05, 0) is 11.6 Å². The molecule has 1 aromatic carbocycles. The highest BCUT2D eigenvalue weighted by atomic mass is 16.4. The monoisotopic (exact) mass is 193 g/mol. The zero-order valence-corrected chi connectivity index (χ0v) is 8.78. The summed E-state index contributed by atoms with van der Waals surface area (Å²) in [7, 11) is 6.18. The van der Waals surface area contributed by atoms with Gasteiger partial charge >= 0.3 is 0 Å². The Kier molecular flexibility index (Phi) is 2.91. The van der Waals surface area contributed by atoms with Crippen molar-refractivity contribution in [3.8, 4) is 0 Å². The van der Waals surface area contributed by atoms with Crippen molar-refractivity contribution in [1.29, 1.82) is 0 Å². The van der Waals surface area contributed by atoms with Crippen LogP contribution in [0.2, 0.25) is 0 Å². The molecule has 0 unspecified atom stereocenters. The van der Waals surface area contributed by atoms with Crippen LogP contribution in [-0.4, -0.2) is 31.6 Å². The number of rotatable bonds is 3. The van der Waals surface area contributed by atoms with Gasteiger partial charge in [0.2, 0.25) is 0 Å². The molecule has 0 aliphatic rings. The third-order valence-corrected chi connectivity index (χ3v) is 1.82. The van der Waals surface area contributed by atoms with E-state index >= 15 is 0 Å². The van der Waals surface area contributed by atoms with Gasteiger partial charge in [0.05, 0.1) is 27.1 Å². The van der Waals surface area contributed by atoms with Gasteiger partial charge < -0.3 is 14.4 Å². The fourth-order valence-electron chi connectivity index (χ4n) is 1.34. The smallest absolute Gasteiger partial charge is 0.104 e. The van der Waals surface area contributed by atoms with Gasteiger partial charge in [-0.25, -0.2) is 0 Å². The van der Waals surface area contributed by atoms with Crippen LogP contribution < -0.4 is 5.11 Å². The van der Waals surface area contributed by atoms with Crippen LogP contribution in [0.4, 0.5) is 0 Å². The average Bonchev–Trinajstić information content (AvgIpc) is 2.01.